The Morgan fingerprint density at radius 3 is 2.43 bits per heavy atom. The van der Waals surface area contributed by atoms with Crippen molar-refractivity contribution in [1.29, 1.82) is 0 Å². The van der Waals surface area contributed by atoms with Crippen molar-refractivity contribution in [3.05, 3.63) is 35.9 Å². The van der Waals surface area contributed by atoms with Gasteiger partial charge in [-0.1, -0.05) is 49.6 Å². The van der Waals surface area contributed by atoms with Crippen molar-refractivity contribution in [2.24, 2.45) is 5.92 Å². The summed E-state index contributed by atoms with van der Waals surface area (Å²) in [6, 6.07) is 8.96. The molecule has 1 saturated carbocycles. The number of carbonyl (C=O) groups excluding carboxylic acids is 1. The highest BCUT2D eigenvalue weighted by atomic mass is 16.4. The summed E-state index contributed by atoms with van der Waals surface area (Å²) in [5.41, 5.74) is 1.09. The maximum atomic E-state index is 12.1. The number of rotatable bonds is 6. The zero-order chi connectivity index (χ0) is 15.1. The minimum absolute atomic E-state index is 0.00248. The largest absolute Gasteiger partial charge is 0.480 e. The van der Waals surface area contributed by atoms with Crippen LogP contribution < -0.4 is 5.32 Å². The monoisotopic (exact) mass is 289 g/mol. The fraction of sp³-hybridized carbons (Fsp3) is 0.529. The number of nitrogens with one attached hydrogen (secondary N) is 1. The Bertz CT molecular complexity index is 466. The van der Waals surface area contributed by atoms with Gasteiger partial charge in [-0.25, -0.2) is 4.79 Å². The third kappa shape index (κ3) is 4.88. The number of hydrogen-bond acceptors (Lipinski definition) is 2. The summed E-state index contributed by atoms with van der Waals surface area (Å²) in [5, 5.41) is 12.0. The lowest BCUT2D eigenvalue weighted by Gasteiger charge is -2.23. The molecule has 0 aromatic heterocycles. The van der Waals surface area contributed by atoms with E-state index in [0.29, 0.717) is 12.8 Å². The third-order valence-corrected chi connectivity index (χ3v) is 4.16. The van der Waals surface area contributed by atoms with E-state index in [9.17, 15) is 14.7 Å². The molecule has 1 amide bonds. The Kier molecular flexibility index (Phi) is 5.78. The number of aryl methyl sites for hydroxylation is 1. The van der Waals surface area contributed by atoms with E-state index in [-0.39, 0.29) is 11.8 Å². The molecule has 0 aliphatic heterocycles. The Labute approximate surface area is 125 Å². The van der Waals surface area contributed by atoms with E-state index < -0.39 is 12.0 Å². The summed E-state index contributed by atoms with van der Waals surface area (Å²) < 4.78 is 0. The summed E-state index contributed by atoms with van der Waals surface area (Å²) in [5.74, 6) is -1.04. The molecule has 4 nitrogen and oxygen atoms in total. The standard InChI is InChI=1S/C17H23NO3/c19-16(14-9-5-2-6-10-14)18-15(17(20)21)12-11-13-7-3-1-4-8-13/h1,3-4,7-8,14-15H,2,5-6,9-12H2,(H,18,19)(H,20,21)/t15-/m1/s1. The predicted octanol–water partition coefficient (Wildman–Crippen LogP) is 2.77. The Hall–Kier alpha value is -1.84. The smallest absolute Gasteiger partial charge is 0.326 e. The van der Waals surface area contributed by atoms with Gasteiger partial charge in [0.1, 0.15) is 6.04 Å². The molecule has 1 aliphatic carbocycles. The van der Waals surface area contributed by atoms with Crippen LogP contribution in [0.5, 0.6) is 0 Å². The van der Waals surface area contributed by atoms with E-state index in [2.05, 4.69) is 5.32 Å². The summed E-state index contributed by atoms with van der Waals surface area (Å²) in [6.07, 6.45) is 6.17. The van der Waals surface area contributed by atoms with Gasteiger partial charge in [-0.3, -0.25) is 4.79 Å². The van der Waals surface area contributed by atoms with Crippen molar-refractivity contribution in [3.8, 4) is 0 Å². The predicted molar refractivity (Wildman–Crippen MR) is 80.9 cm³/mol. The van der Waals surface area contributed by atoms with E-state index >= 15 is 0 Å². The molecule has 0 unspecified atom stereocenters. The number of carboxylic acid groups (broad SMARTS) is 1. The van der Waals surface area contributed by atoms with E-state index in [1.165, 1.54) is 6.42 Å². The fourth-order valence-corrected chi connectivity index (χ4v) is 2.87. The normalized spacial score (nSPS) is 17.1. The van der Waals surface area contributed by atoms with Crippen molar-refractivity contribution in [3.63, 3.8) is 0 Å². The van der Waals surface area contributed by atoms with E-state index in [4.69, 9.17) is 0 Å². The topological polar surface area (TPSA) is 66.4 Å². The van der Waals surface area contributed by atoms with Crippen LogP contribution in [0.25, 0.3) is 0 Å². The summed E-state index contributed by atoms with van der Waals surface area (Å²) in [7, 11) is 0. The molecule has 1 aliphatic rings. The second-order valence-corrected chi connectivity index (χ2v) is 5.76. The third-order valence-electron chi connectivity index (χ3n) is 4.16. The zero-order valence-electron chi connectivity index (χ0n) is 12.3. The van der Waals surface area contributed by atoms with Gasteiger partial charge in [0.25, 0.3) is 0 Å². The average molecular weight is 289 g/mol. The quantitative estimate of drug-likeness (QED) is 0.846. The van der Waals surface area contributed by atoms with Crippen LogP contribution in [-0.4, -0.2) is 23.0 Å². The Morgan fingerprint density at radius 2 is 1.81 bits per heavy atom. The van der Waals surface area contributed by atoms with Gasteiger partial charge in [-0.05, 0) is 31.2 Å². The molecule has 0 spiro atoms. The first-order valence-corrected chi connectivity index (χ1v) is 7.74. The van der Waals surface area contributed by atoms with Gasteiger partial charge in [0.15, 0.2) is 0 Å². The molecule has 0 bridgehead atoms. The van der Waals surface area contributed by atoms with E-state index in [1.54, 1.807) is 0 Å². The molecular formula is C17H23NO3. The average Bonchev–Trinajstić information content (AvgIpc) is 2.52. The lowest BCUT2D eigenvalue weighted by Crippen LogP contribution is -2.44. The van der Waals surface area contributed by atoms with Crippen molar-refractivity contribution in [2.45, 2.75) is 51.0 Å². The molecule has 1 atom stereocenters. The molecule has 1 aromatic rings. The van der Waals surface area contributed by atoms with Crippen LogP contribution >= 0.6 is 0 Å². The molecule has 114 valence electrons. The number of hydrogen-bond donors (Lipinski definition) is 2. The molecule has 1 aromatic carbocycles. The molecular weight excluding hydrogens is 266 g/mol. The molecule has 0 radical (unpaired) electrons. The van der Waals surface area contributed by atoms with Crippen LogP contribution in [0.15, 0.2) is 30.3 Å². The van der Waals surface area contributed by atoms with Crippen LogP contribution in [0.1, 0.15) is 44.1 Å². The van der Waals surface area contributed by atoms with Gasteiger partial charge in [-0.15, -0.1) is 0 Å². The lowest BCUT2D eigenvalue weighted by molar-refractivity contribution is -0.142. The molecule has 0 saturated heterocycles. The van der Waals surface area contributed by atoms with Crippen molar-refractivity contribution >= 4 is 11.9 Å². The van der Waals surface area contributed by atoms with Gasteiger partial charge in [0, 0.05) is 5.92 Å². The number of carboxylic acids is 1. The highest BCUT2D eigenvalue weighted by molar-refractivity contribution is 5.85. The Balaban J connectivity index is 1.86. The van der Waals surface area contributed by atoms with Gasteiger partial charge in [-0.2, -0.15) is 0 Å². The molecule has 0 heterocycles. The molecule has 21 heavy (non-hydrogen) atoms. The van der Waals surface area contributed by atoms with Gasteiger partial charge in [0.2, 0.25) is 5.91 Å². The van der Waals surface area contributed by atoms with Crippen molar-refractivity contribution in [2.75, 3.05) is 0 Å². The highest BCUT2D eigenvalue weighted by Gasteiger charge is 2.26. The molecule has 1 fully saturated rings. The summed E-state index contributed by atoms with van der Waals surface area (Å²) in [4.78, 5) is 23.5. The van der Waals surface area contributed by atoms with Gasteiger partial charge >= 0.3 is 5.97 Å². The van der Waals surface area contributed by atoms with Crippen LogP contribution in [0.4, 0.5) is 0 Å². The minimum Gasteiger partial charge on any atom is -0.480 e. The number of benzene rings is 1. The first kappa shape index (κ1) is 15.5. The fourth-order valence-electron chi connectivity index (χ4n) is 2.87. The van der Waals surface area contributed by atoms with Crippen molar-refractivity contribution < 1.29 is 14.7 Å². The molecule has 2 rings (SSSR count). The number of carbonyl (C=O) groups is 2. The number of aliphatic carboxylic acids is 1. The maximum Gasteiger partial charge on any atom is 0.326 e. The summed E-state index contributed by atoms with van der Waals surface area (Å²) >= 11 is 0. The van der Waals surface area contributed by atoms with Crippen LogP contribution in [0, 0.1) is 5.92 Å². The number of amides is 1. The summed E-state index contributed by atoms with van der Waals surface area (Å²) in [6.45, 7) is 0. The first-order valence-electron chi connectivity index (χ1n) is 7.74. The Morgan fingerprint density at radius 1 is 1.14 bits per heavy atom. The lowest BCUT2D eigenvalue weighted by atomic mass is 9.88. The minimum atomic E-state index is -0.949. The second kappa shape index (κ2) is 7.81. The molecule has 2 N–H and O–H groups in total. The molecule has 4 heteroatoms. The maximum absolute atomic E-state index is 12.1. The van der Waals surface area contributed by atoms with Crippen LogP contribution in [-0.2, 0) is 16.0 Å². The van der Waals surface area contributed by atoms with Gasteiger partial charge < -0.3 is 10.4 Å². The van der Waals surface area contributed by atoms with Crippen LogP contribution in [0.3, 0.4) is 0 Å². The second-order valence-electron chi connectivity index (χ2n) is 5.76. The van der Waals surface area contributed by atoms with E-state index in [0.717, 1.165) is 31.2 Å². The van der Waals surface area contributed by atoms with Gasteiger partial charge in [0.05, 0.1) is 0 Å². The van der Waals surface area contributed by atoms with Crippen molar-refractivity contribution in [1.82, 2.24) is 5.32 Å². The van der Waals surface area contributed by atoms with Crippen LogP contribution in [0.2, 0.25) is 0 Å². The zero-order valence-corrected chi connectivity index (χ0v) is 12.3. The van der Waals surface area contributed by atoms with E-state index in [1.807, 2.05) is 30.3 Å². The highest BCUT2D eigenvalue weighted by Crippen LogP contribution is 2.23. The SMILES string of the molecule is O=C(N[C@H](CCc1ccccc1)C(=O)O)C1CCCCC1. The first-order chi connectivity index (χ1) is 10.2.